The SMILES string of the molecule is O=C(O)Cc1cccc(-c2cc(Cl)ccc2Cl)c1F. The molecule has 0 spiro atoms. The molecule has 0 amide bonds. The molecule has 5 heteroatoms. The van der Waals surface area contributed by atoms with Crippen molar-refractivity contribution in [2.45, 2.75) is 6.42 Å². The van der Waals surface area contributed by atoms with Crippen molar-refractivity contribution in [1.29, 1.82) is 0 Å². The molecular weight excluding hydrogens is 290 g/mol. The highest BCUT2D eigenvalue weighted by molar-refractivity contribution is 6.35. The summed E-state index contributed by atoms with van der Waals surface area (Å²) in [5.41, 5.74) is 0.797. The molecule has 2 rings (SSSR count). The summed E-state index contributed by atoms with van der Waals surface area (Å²) in [6.45, 7) is 0. The first-order chi connectivity index (χ1) is 8.99. The predicted molar refractivity (Wildman–Crippen MR) is 73.2 cm³/mol. The minimum absolute atomic E-state index is 0.112. The van der Waals surface area contributed by atoms with Crippen LogP contribution in [-0.2, 0) is 11.2 Å². The zero-order valence-corrected chi connectivity index (χ0v) is 11.2. The highest BCUT2D eigenvalue weighted by Crippen LogP contribution is 2.33. The zero-order chi connectivity index (χ0) is 14.0. The minimum Gasteiger partial charge on any atom is -0.481 e. The summed E-state index contributed by atoms with van der Waals surface area (Å²) in [6, 6.07) is 9.29. The van der Waals surface area contributed by atoms with Crippen molar-refractivity contribution in [3.05, 3.63) is 57.8 Å². The summed E-state index contributed by atoms with van der Waals surface area (Å²) >= 11 is 11.9. The van der Waals surface area contributed by atoms with Crippen LogP contribution in [0.15, 0.2) is 36.4 Å². The molecule has 0 aromatic heterocycles. The summed E-state index contributed by atoms with van der Waals surface area (Å²) in [4.78, 5) is 10.7. The Morgan fingerprint density at radius 1 is 1.16 bits per heavy atom. The second kappa shape index (κ2) is 5.59. The van der Waals surface area contributed by atoms with E-state index in [0.717, 1.165) is 0 Å². The highest BCUT2D eigenvalue weighted by atomic mass is 35.5. The number of hydrogen-bond acceptors (Lipinski definition) is 1. The van der Waals surface area contributed by atoms with Crippen molar-refractivity contribution in [2.75, 3.05) is 0 Å². The van der Waals surface area contributed by atoms with E-state index in [1.807, 2.05) is 0 Å². The van der Waals surface area contributed by atoms with Gasteiger partial charge in [0.05, 0.1) is 6.42 Å². The van der Waals surface area contributed by atoms with Gasteiger partial charge < -0.3 is 5.11 Å². The van der Waals surface area contributed by atoms with Gasteiger partial charge in [-0.25, -0.2) is 4.39 Å². The quantitative estimate of drug-likeness (QED) is 0.910. The fourth-order valence-corrected chi connectivity index (χ4v) is 2.18. The molecule has 2 aromatic carbocycles. The van der Waals surface area contributed by atoms with Gasteiger partial charge in [-0.2, -0.15) is 0 Å². The first kappa shape index (κ1) is 13.8. The van der Waals surface area contributed by atoms with E-state index in [2.05, 4.69) is 0 Å². The van der Waals surface area contributed by atoms with E-state index in [-0.39, 0.29) is 17.5 Å². The maximum atomic E-state index is 14.3. The van der Waals surface area contributed by atoms with Gasteiger partial charge in [0, 0.05) is 21.2 Å². The van der Waals surface area contributed by atoms with Gasteiger partial charge in [-0.1, -0.05) is 41.4 Å². The largest absolute Gasteiger partial charge is 0.481 e. The number of rotatable bonds is 3. The lowest BCUT2D eigenvalue weighted by Crippen LogP contribution is -2.03. The standard InChI is InChI=1S/C14H9Cl2FO2/c15-9-4-5-12(16)11(7-9)10-3-1-2-8(14(10)17)6-13(18)19/h1-5,7H,6H2,(H,18,19). The van der Waals surface area contributed by atoms with Gasteiger partial charge in [0.15, 0.2) is 0 Å². The number of aliphatic carboxylic acids is 1. The monoisotopic (exact) mass is 298 g/mol. The maximum Gasteiger partial charge on any atom is 0.307 e. The van der Waals surface area contributed by atoms with E-state index in [4.69, 9.17) is 28.3 Å². The Labute approximate surface area is 119 Å². The van der Waals surface area contributed by atoms with E-state index in [0.29, 0.717) is 15.6 Å². The summed E-state index contributed by atoms with van der Waals surface area (Å²) < 4.78 is 14.3. The number of carboxylic acids is 1. The Bertz CT molecular complexity index is 641. The van der Waals surface area contributed by atoms with Crippen LogP contribution in [0.2, 0.25) is 10.0 Å². The van der Waals surface area contributed by atoms with Crippen LogP contribution in [-0.4, -0.2) is 11.1 Å². The summed E-state index contributed by atoms with van der Waals surface area (Å²) in [6.07, 6.45) is -0.377. The van der Waals surface area contributed by atoms with Crippen molar-refractivity contribution in [3.63, 3.8) is 0 Å². The van der Waals surface area contributed by atoms with Crippen molar-refractivity contribution in [3.8, 4) is 11.1 Å². The molecule has 1 N–H and O–H groups in total. The summed E-state index contributed by atoms with van der Waals surface area (Å²) in [5, 5.41) is 9.53. The van der Waals surface area contributed by atoms with E-state index in [1.54, 1.807) is 24.3 Å². The van der Waals surface area contributed by atoms with Crippen LogP contribution in [0.25, 0.3) is 11.1 Å². The third kappa shape index (κ3) is 3.06. The molecule has 0 saturated carbocycles. The van der Waals surface area contributed by atoms with Crippen LogP contribution in [0.1, 0.15) is 5.56 Å². The van der Waals surface area contributed by atoms with Gasteiger partial charge >= 0.3 is 5.97 Å². The van der Waals surface area contributed by atoms with Gasteiger partial charge in [-0.05, 0) is 23.8 Å². The highest BCUT2D eigenvalue weighted by Gasteiger charge is 2.14. The Morgan fingerprint density at radius 3 is 2.58 bits per heavy atom. The molecule has 0 fully saturated rings. The molecule has 0 bridgehead atoms. The van der Waals surface area contributed by atoms with E-state index < -0.39 is 11.8 Å². The van der Waals surface area contributed by atoms with Crippen LogP contribution >= 0.6 is 23.2 Å². The number of hydrogen-bond donors (Lipinski definition) is 1. The molecule has 0 saturated heterocycles. The molecule has 0 atom stereocenters. The van der Waals surface area contributed by atoms with Gasteiger partial charge in [0.25, 0.3) is 0 Å². The average Bonchev–Trinajstić information content (AvgIpc) is 2.35. The number of benzene rings is 2. The van der Waals surface area contributed by atoms with Crippen LogP contribution < -0.4 is 0 Å². The summed E-state index contributed by atoms with van der Waals surface area (Å²) in [7, 11) is 0. The van der Waals surface area contributed by atoms with Gasteiger partial charge in [0.1, 0.15) is 5.82 Å². The van der Waals surface area contributed by atoms with E-state index >= 15 is 0 Å². The number of carbonyl (C=O) groups is 1. The Morgan fingerprint density at radius 2 is 1.89 bits per heavy atom. The first-order valence-corrected chi connectivity index (χ1v) is 6.19. The first-order valence-electron chi connectivity index (χ1n) is 5.43. The van der Waals surface area contributed by atoms with E-state index in [9.17, 15) is 9.18 Å². The van der Waals surface area contributed by atoms with Crippen molar-refractivity contribution in [1.82, 2.24) is 0 Å². The molecule has 0 aliphatic heterocycles. The Hall–Kier alpha value is -1.58. The average molecular weight is 299 g/mol. The lowest BCUT2D eigenvalue weighted by molar-refractivity contribution is -0.136. The Kier molecular flexibility index (Phi) is 4.08. The van der Waals surface area contributed by atoms with Crippen molar-refractivity contribution >= 4 is 29.2 Å². The molecule has 19 heavy (non-hydrogen) atoms. The minimum atomic E-state index is -1.09. The van der Waals surface area contributed by atoms with Gasteiger partial charge in [0.2, 0.25) is 0 Å². The molecule has 98 valence electrons. The number of halogens is 3. The van der Waals surface area contributed by atoms with Gasteiger partial charge in [-0.3, -0.25) is 4.79 Å². The lowest BCUT2D eigenvalue weighted by atomic mass is 10.0. The molecule has 2 nitrogen and oxygen atoms in total. The number of carboxylic acid groups (broad SMARTS) is 1. The normalized spacial score (nSPS) is 10.5. The van der Waals surface area contributed by atoms with Gasteiger partial charge in [-0.15, -0.1) is 0 Å². The predicted octanol–water partition coefficient (Wildman–Crippen LogP) is 4.43. The molecule has 0 heterocycles. The second-order valence-electron chi connectivity index (χ2n) is 3.97. The zero-order valence-electron chi connectivity index (χ0n) is 9.66. The second-order valence-corrected chi connectivity index (χ2v) is 4.82. The van der Waals surface area contributed by atoms with Crippen LogP contribution in [0.4, 0.5) is 4.39 Å². The summed E-state index contributed by atoms with van der Waals surface area (Å²) in [5.74, 6) is -1.68. The van der Waals surface area contributed by atoms with Crippen LogP contribution in [0, 0.1) is 5.82 Å². The molecule has 2 aromatic rings. The Balaban J connectivity index is 2.56. The molecule has 0 unspecified atom stereocenters. The fourth-order valence-electron chi connectivity index (χ4n) is 1.79. The van der Waals surface area contributed by atoms with Crippen LogP contribution in [0.5, 0.6) is 0 Å². The molecule has 0 radical (unpaired) electrons. The molecule has 0 aliphatic carbocycles. The lowest BCUT2D eigenvalue weighted by Gasteiger charge is -2.09. The molecule has 0 aliphatic rings. The van der Waals surface area contributed by atoms with E-state index in [1.165, 1.54) is 12.1 Å². The smallest absolute Gasteiger partial charge is 0.307 e. The topological polar surface area (TPSA) is 37.3 Å². The third-order valence-electron chi connectivity index (χ3n) is 2.64. The fraction of sp³-hybridized carbons (Fsp3) is 0.0714. The molecular formula is C14H9Cl2FO2. The van der Waals surface area contributed by atoms with Crippen LogP contribution in [0.3, 0.4) is 0 Å². The maximum absolute atomic E-state index is 14.3. The third-order valence-corrected chi connectivity index (χ3v) is 3.20. The van der Waals surface area contributed by atoms with Crippen molar-refractivity contribution < 1.29 is 14.3 Å². The van der Waals surface area contributed by atoms with Crippen molar-refractivity contribution in [2.24, 2.45) is 0 Å².